The molecule has 2 N–H and O–H groups in total. The Balaban J connectivity index is 2.12. The summed E-state index contributed by atoms with van der Waals surface area (Å²) < 4.78 is 0. The Morgan fingerprint density at radius 3 is 2.80 bits per heavy atom. The lowest BCUT2D eigenvalue weighted by Crippen LogP contribution is -2.50. The molecule has 2 aromatic rings. The molecule has 0 amide bonds. The second-order valence-corrected chi connectivity index (χ2v) is 5.86. The van der Waals surface area contributed by atoms with Crippen molar-refractivity contribution in [2.75, 3.05) is 37.3 Å². The zero-order chi connectivity index (χ0) is 14.3. The number of hydrogen-bond acceptors (Lipinski definition) is 4. The van der Waals surface area contributed by atoms with Crippen LogP contribution >= 0.6 is 0 Å². The molecule has 106 valence electrons. The fourth-order valence-corrected chi connectivity index (χ4v) is 3.09. The predicted molar refractivity (Wildman–Crippen MR) is 85.2 cm³/mol. The van der Waals surface area contributed by atoms with Crippen LogP contribution in [0.5, 0.6) is 0 Å². The van der Waals surface area contributed by atoms with Gasteiger partial charge in [0.15, 0.2) is 0 Å². The number of piperazine rings is 1. The Hall–Kier alpha value is -1.81. The summed E-state index contributed by atoms with van der Waals surface area (Å²) in [5, 5.41) is 1.16. The number of anilines is 2. The average molecular weight is 270 g/mol. The first-order chi connectivity index (χ1) is 9.54. The summed E-state index contributed by atoms with van der Waals surface area (Å²) in [5.74, 6) is 0. The fourth-order valence-electron chi connectivity index (χ4n) is 3.09. The van der Waals surface area contributed by atoms with E-state index in [0.717, 1.165) is 41.9 Å². The van der Waals surface area contributed by atoms with E-state index in [1.165, 1.54) is 5.69 Å². The molecule has 1 aromatic heterocycles. The zero-order valence-corrected chi connectivity index (χ0v) is 12.4. The second kappa shape index (κ2) is 4.94. The first-order valence-corrected chi connectivity index (χ1v) is 7.16. The number of benzene rings is 1. The molecule has 0 saturated carbocycles. The van der Waals surface area contributed by atoms with Gasteiger partial charge >= 0.3 is 0 Å². The van der Waals surface area contributed by atoms with Gasteiger partial charge in [-0.1, -0.05) is 0 Å². The highest BCUT2D eigenvalue weighted by molar-refractivity contribution is 5.94. The lowest BCUT2D eigenvalue weighted by molar-refractivity contribution is 0.276. The van der Waals surface area contributed by atoms with Crippen molar-refractivity contribution in [2.45, 2.75) is 19.9 Å². The SMILES string of the molecule is Cc1cc(N2CCN(C)CC2C)c2cc(N)ccc2n1. The molecule has 4 nitrogen and oxygen atoms in total. The van der Waals surface area contributed by atoms with Crippen LogP contribution in [0.2, 0.25) is 0 Å². The largest absolute Gasteiger partial charge is 0.399 e. The van der Waals surface area contributed by atoms with Crippen molar-refractivity contribution in [1.29, 1.82) is 0 Å². The predicted octanol–water partition coefficient (Wildman–Crippen LogP) is 2.27. The van der Waals surface area contributed by atoms with Crippen LogP contribution in [0.1, 0.15) is 12.6 Å². The normalized spacial score (nSPS) is 20.6. The molecular formula is C16H22N4. The third-order valence-corrected chi connectivity index (χ3v) is 4.08. The van der Waals surface area contributed by atoms with E-state index in [-0.39, 0.29) is 0 Å². The average Bonchev–Trinajstić information content (AvgIpc) is 2.39. The molecule has 2 heterocycles. The first-order valence-electron chi connectivity index (χ1n) is 7.16. The lowest BCUT2D eigenvalue weighted by Gasteiger charge is -2.40. The third-order valence-electron chi connectivity index (χ3n) is 4.08. The van der Waals surface area contributed by atoms with Crippen LogP contribution in [0, 0.1) is 6.92 Å². The Labute approximate surface area is 120 Å². The van der Waals surface area contributed by atoms with Crippen molar-refractivity contribution < 1.29 is 0 Å². The first kappa shape index (κ1) is 13.2. The van der Waals surface area contributed by atoms with Gasteiger partial charge in [0.2, 0.25) is 0 Å². The summed E-state index contributed by atoms with van der Waals surface area (Å²) in [6, 6.07) is 8.67. The summed E-state index contributed by atoms with van der Waals surface area (Å²) in [7, 11) is 2.18. The number of nitrogens with zero attached hydrogens (tertiary/aromatic N) is 3. The highest BCUT2D eigenvalue weighted by Gasteiger charge is 2.23. The van der Waals surface area contributed by atoms with Crippen molar-refractivity contribution in [2.24, 2.45) is 0 Å². The van der Waals surface area contributed by atoms with Crippen LogP contribution in [0.25, 0.3) is 10.9 Å². The number of pyridine rings is 1. The van der Waals surface area contributed by atoms with Gasteiger partial charge in [-0.2, -0.15) is 0 Å². The summed E-state index contributed by atoms with van der Waals surface area (Å²) in [6.45, 7) is 7.56. The topological polar surface area (TPSA) is 45.4 Å². The smallest absolute Gasteiger partial charge is 0.0727 e. The zero-order valence-electron chi connectivity index (χ0n) is 12.4. The van der Waals surface area contributed by atoms with Gasteiger partial charge in [-0.05, 0) is 45.2 Å². The molecule has 1 saturated heterocycles. The number of nitrogen functional groups attached to an aromatic ring is 1. The fraction of sp³-hybridized carbons (Fsp3) is 0.438. The molecule has 1 aliphatic rings. The lowest BCUT2D eigenvalue weighted by atomic mass is 10.1. The van der Waals surface area contributed by atoms with Crippen molar-refractivity contribution >= 4 is 22.3 Å². The number of aryl methyl sites for hydroxylation is 1. The molecule has 1 unspecified atom stereocenters. The molecule has 1 aromatic carbocycles. The molecule has 1 fully saturated rings. The van der Waals surface area contributed by atoms with Crippen molar-refractivity contribution in [3.05, 3.63) is 30.0 Å². The van der Waals surface area contributed by atoms with Crippen LogP contribution in [0.4, 0.5) is 11.4 Å². The molecular weight excluding hydrogens is 248 g/mol. The van der Waals surface area contributed by atoms with Crippen LogP contribution in [-0.2, 0) is 0 Å². The highest BCUT2D eigenvalue weighted by Crippen LogP contribution is 2.30. The van der Waals surface area contributed by atoms with Crippen LogP contribution in [0.15, 0.2) is 24.3 Å². The molecule has 0 spiro atoms. The van der Waals surface area contributed by atoms with E-state index in [1.54, 1.807) is 0 Å². The quantitative estimate of drug-likeness (QED) is 0.807. The summed E-state index contributed by atoms with van der Waals surface area (Å²) in [5.41, 5.74) is 10.1. The third kappa shape index (κ3) is 2.31. The molecule has 0 bridgehead atoms. The van der Waals surface area contributed by atoms with E-state index in [4.69, 9.17) is 5.73 Å². The number of nitrogens with two attached hydrogens (primary N) is 1. The molecule has 3 rings (SSSR count). The molecule has 20 heavy (non-hydrogen) atoms. The number of hydrogen-bond donors (Lipinski definition) is 1. The van der Waals surface area contributed by atoms with Gasteiger partial charge in [0.05, 0.1) is 5.52 Å². The number of aromatic nitrogens is 1. The Morgan fingerprint density at radius 2 is 2.05 bits per heavy atom. The van der Waals surface area contributed by atoms with Crippen LogP contribution in [-0.4, -0.2) is 42.6 Å². The maximum absolute atomic E-state index is 5.96. The minimum Gasteiger partial charge on any atom is -0.399 e. The van der Waals surface area contributed by atoms with Gasteiger partial charge in [0, 0.05) is 48.1 Å². The van der Waals surface area contributed by atoms with Gasteiger partial charge in [-0.15, -0.1) is 0 Å². The summed E-state index contributed by atoms with van der Waals surface area (Å²) in [4.78, 5) is 9.48. The van der Waals surface area contributed by atoms with Gasteiger partial charge in [-0.25, -0.2) is 0 Å². The number of likely N-dealkylation sites (N-methyl/N-ethyl adjacent to an activating group) is 1. The summed E-state index contributed by atoms with van der Waals surface area (Å²) in [6.07, 6.45) is 0. The molecule has 1 atom stereocenters. The number of fused-ring (bicyclic) bond motifs is 1. The maximum Gasteiger partial charge on any atom is 0.0727 e. The van der Waals surface area contributed by atoms with Gasteiger partial charge < -0.3 is 15.5 Å². The van der Waals surface area contributed by atoms with Crippen LogP contribution < -0.4 is 10.6 Å². The van der Waals surface area contributed by atoms with Crippen LogP contribution in [0.3, 0.4) is 0 Å². The van der Waals surface area contributed by atoms with Crippen molar-refractivity contribution in [3.8, 4) is 0 Å². The Bertz CT molecular complexity index is 638. The van der Waals surface area contributed by atoms with E-state index in [0.29, 0.717) is 6.04 Å². The minimum atomic E-state index is 0.500. The molecule has 1 aliphatic heterocycles. The minimum absolute atomic E-state index is 0.500. The molecule has 0 aliphatic carbocycles. The van der Waals surface area contributed by atoms with Gasteiger partial charge in [-0.3, -0.25) is 4.98 Å². The van der Waals surface area contributed by atoms with E-state index in [9.17, 15) is 0 Å². The monoisotopic (exact) mass is 270 g/mol. The standard InChI is InChI=1S/C16H22N4/c1-11-8-16(20-7-6-19(3)10-12(20)2)14-9-13(17)4-5-15(14)18-11/h4-5,8-9,12H,6-7,10,17H2,1-3H3. The van der Waals surface area contributed by atoms with E-state index in [2.05, 4.69) is 41.7 Å². The van der Waals surface area contributed by atoms with Gasteiger partial charge in [0.1, 0.15) is 0 Å². The van der Waals surface area contributed by atoms with E-state index < -0.39 is 0 Å². The van der Waals surface area contributed by atoms with Crippen molar-refractivity contribution in [1.82, 2.24) is 9.88 Å². The Kier molecular flexibility index (Phi) is 3.26. The molecule has 4 heteroatoms. The number of rotatable bonds is 1. The second-order valence-electron chi connectivity index (χ2n) is 5.86. The highest BCUT2D eigenvalue weighted by atomic mass is 15.3. The molecule has 0 radical (unpaired) electrons. The van der Waals surface area contributed by atoms with Crippen molar-refractivity contribution in [3.63, 3.8) is 0 Å². The van der Waals surface area contributed by atoms with E-state index in [1.807, 2.05) is 18.2 Å². The Morgan fingerprint density at radius 1 is 1.25 bits per heavy atom. The maximum atomic E-state index is 5.96. The van der Waals surface area contributed by atoms with Gasteiger partial charge in [0.25, 0.3) is 0 Å². The van der Waals surface area contributed by atoms with E-state index >= 15 is 0 Å². The summed E-state index contributed by atoms with van der Waals surface area (Å²) >= 11 is 0.